The third kappa shape index (κ3) is 3.93. The standard InChI is InChI=1S/C22H20N4O2S2/c1-3-26-17-9-8-14(13-25-19(27)15-6-4-10-23-20(15)29-2)12-18(17)30-21-16(22(26)28)7-5-11-24-21/h4-12H,3,13H2,1-2H3,(H,25,27). The molecule has 3 heterocycles. The monoisotopic (exact) mass is 436 g/mol. The summed E-state index contributed by atoms with van der Waals surface area (Å²) in [5, 5.41) is 4.36. The van der Waals surface area contributed by atoms with E-state index in [0.29, 0.717) is 34.3 Å². The zero-order valence-corrected chi connectivity index (χ0v) is 18.2. The molecule has 2 aromatic heterocycles. The van der Waals surface area contributed by atoms with Gasteiger partial charge in [-0.1, -0.05) is 17.8 Å². The number of thioether (sulfide) groups is 1. The summed E-state index contributed by atoms with van der Waals surface area (Å²) in [6.07, 6.45) is 5.27. The van der Waals surface area contributed by atoms with Crippen LogP contribution in [0.15, 0.2) is 69.8 Å². The minimum atomic E-state index is -0.160. The molecule has 0 radical (unpaired) electrons. The van der Waals surface area contributed by atoms with Crippen LogP contribution in [0.4, 0.5) is 5.69 Å². The van der Waals surface area contributed by atoms with Crippen LogP contribution >= 0.6 is 23.5 Å². The summed E-state index contributed by atoms with van der Waals surface area (Å²) in [5.74, 6) is -0.207. The molecule has 0 unspecified atom stereocenters. The molecule has 8 heteroatoms. The Morgan fingerprint density at radius 3 is 2.77 bits per heavy atom. The molecule has 0 bridgehead atoms. The average molecular weight is 437 g/mol. The number of hydrogen-bond donors (Lipinski definition) is 1. The number of rotatable bonds is 5. The molecule has 3 aromatic rings. The normalized spacial score (nSPS) is 12.7. The van der Waals surface area contributed by atoms with Gasteiger partial charge in [-0.3, -0.25) is 9.59 Å². The molecule has 2 amide bonds. The summed E-state index contributed by atoms with van der Waals surface area (Å²) in [4.78, 5) is 36.9. The fourth-order valence-corrected chi connectivity index (χ4v) is 4.91. The SMILES string of the molecule is CCN1C(=O)c2cccnc2Sc2cc(CNC(=O)c3cccnc3SC)ccc21. The van der Waals surface area contributed by atoms with Crippen molar-refractivity contribution in [1.29, 1.82) is 0 Å². The predicted molar refractivity (Wildman–Crippen MR) is 119 cm³/mol. The summed E-state index contributed by atoms with van der Waals surface area (Å²) in [7, 11) is 0. The molecule has 0 spiro atoms. The third-order valence-electron chi connectivity index (χ3n) is 4.75. The summed E-state index contributed by atoms with van der Waals surface area (Å²) in [5.41, 5.74) is 2.98. The first kappa shape index (κ1) is 20.4. The van der Waals surface area contributed by atoms with Crippen LogP contribution in [-0.4, -0.2) is 34.6 Å². The molecule has 4 rings (SSSR count). The zero-order valence-electron chi connectivity index (χ0n) is 16.6. The maximum absolute atomic E-state index is 13.0. The van der Waals surface area contributed by atoms with E-state index in [1.807, 2.05) is 37.4 Å². The van der Waals surface area contributed by atoms with E-state index in [0.717, 1.165) is 16.1 Å². The van der Waals surface area contributed by atoms with Gasteiger partial charge in [0.1, 0.15) is 10.1 Å². The van der Waals surface area contributed by atoms with E-state index in [1.54, 1.807) is 35.5 Å². The Kier molecular flexibility index (Phi) is 6.06. The molecule has 1 aromatic carbocycles. The van der Waals surface area contributed by atoms with Gasteiger partial charge in [0, 0.05) is 30.4 Å². The van der Waals surface area contributed by atoms with Crippen LogP contribution in [0.3, 0.4) is 0 Å². The van der Waals surface area contributed by atoms with Crippen LogP contribution in [0, 0.1) is 0 Å². The number of carbonyl (C=O) groups is 2. The first-order valence-corrected chi connectivity index (χ1v) is 11.5. The van der Waals surface area contributed by atoms with E-state index in [2.05, 4.69) is 15.3 Å². The van der Waals surface area contributed by atoms with Crippen LogP contribution in [0.5, 0.6) is 0 Å². The lowest BCUT2D eigenvalue weighted by Gasteiger charge is -2.21. The molecule has 6 nitrogen and oxygen atoms in total. The Bertz CT molecular complexity index is 1120. The molecular weight excluding hydrogens is 416 g/mol. The molecule has 0 saturated carbocycles. The highest BCUT2D eigenvalue weighted by Gasteiger charge is 2.27. The number of fused-ring (bicyclic) bond motifs is 2. The van der Waals surface area contributed by atoms with E-state index in [-0.39, 0.29) is 11.8 Å². The highest BCUT2D eigenvalue weighted by atomic mass is 32.2. The van der Waals surface area contributed by atoms with Crippen molar-refractivity contribution in [1.82, 2.24) is 15.3 Å². The third-order valence-corrected chi connectivity index (χ3v) is 6.52. The van der Waals surface area contributed by atoms with Gasteiger partial charge < -0.3 is 10.2 Å². The maximum atomic E-state index is 13.0. The summed E-state index contributed by atoms with van der Waals surface area (Å²) < 4.78 is 0. The highest BCUT2D eigenvalue weighted by molar-refractivity contribution is 7.99. The lowest BCUT2D eigenvalue weighted by molar-refractivity contribution is 0.0946. The van der Waals surface area contributed by atoms with E-state index in [9.17, 15) is 9.59 Å². The van der Waals surface area contributed by atoms with Gasteiger partial charge in [-0.15, -0.1) is 11.8 Å². The smallest absolute Gasteiger partial charge is 0.261 e. The van der Waals surface area contributed by atoms with Gasteiger partial charge >= 0.3 is 0 Å². The summed E-state index contributed by atoms with van der Waals surface area (Å²) >= 11 is 2.92. The van der Waals surface area contributed by atoms with Crippen LogP contribution < -0.4 is 10.2 Å². The topological polar surface area (TPSA) is 75.2 Å². The Labute approximate surface area is 183 Å². The molecule has 0 atom stereocenters. The zero-order chi connectivity index (χ0) is 21.1. The van der Waals surface area contributed by atoms with Gasteiger partial charge in [0.05, 0.1) is 16.8 Å². The van der Waals surface area contributed by atoms with Crippen molar-refractivity contribution in [3.8, 4) is 0 Å². The Hall–Kier alpha value is -2.84. The second kappa shape index (κ2) is 8.89. The number of pyridine rings is 2. The van der Waals surface area contributed by atoms with Crippen LogP contribution in [0.25, 0.3) is 0 Å². The Morgan fingerprint density at radius 1 is 1.17 bits per heavy atom. The van der Waals surface area contributed by atoms with E-state index in [4.69, 9.17) is 0 Å². The molecule has 152 valence electrons. The fraction of sp³-hybridized carbons (Fsp3) is 0.182. The lowest BCUT2D eigenvalue weighted by atomic mass is 10.1. The van der Waals surface area contributed by atoms with Crippen LogP contribution in [-0.2, 0) is 6.54 Å². The van der Waals surface area contributed by atoms with Gasteiger partial charge in [-0.2, -0.15) is 0 Å². The number of amides is 2. The van der Waals surface area contributed by atoms with Crippen molar-refractivity contribution < 1.29 is 9.59 Å². The van der Waals surface area contributed by atoms with Crippen LogP contribution in [0.1, 0.15) is 33.2 Å². The Morgan fingerprint density at radius 2 is 1.97 bits per heavy atom. The second-order valence-corrected chi connectivity index (χ2v) is 8.38. The number of benzene rings is 1. The number of nitrogens with one attached hydrogen (secondary N) is 1. The van der Waals surface area contributed by atoms with Crippen molar-refractivity contribution >= 4 is 41.0 Å². The van der Waals surface area contributed by atoms with Crippen molar-refractivity contribution in [2.75, 3.05) is 17.7 Å². The number of anilines is 1. The van der Waals surface area contributed by atoms with Crippen molar-refractivity contribution in [2.45, 2.75) is 28.4 Å². The predicted octanol–water partition coefficient (Wildman–Crippen LogP) is 4.26. The van der Waals surface area contributed by atoms with Gasteiger partial charge in [-0.25, -0.2) is 9.97 Å². The Balaban J connectivity index is 1.59. The van der Waals surface area contributed by atoms with E-state index in [1.165, 1.54) is 23.5 Å². The van der Waals surface area contributed by atoms with Crippen molar-refractivity contribution in [3.63, 3.8) is 0 Å². The molecule has 1 N–H and O–H groups in total. The quantitative estimate of drug-likeness (QED) is 0.603. The first-order chi connectivity index (χ1) is 14.6. The van der Waals surface area contributed by atoms with Crippen molar-refractivity contribution in [3.05, 3.63) is 71.5 Å². The first-order valence-electron chi connectivity index (χ1n) is 9.47. The number of aromatic nitrogens is 2. The molecule has 0 aliphatic carbocycles. The van der Waals surface area contributed by atoms with Crippen molar-refractivity contribution in [2.24, 2.45) is 0 Å². The maximum Gasteiger partial charge on any atom is 0.261 e. The highest BCUT2D eigenvalue weighted by Crippen LogP contribution is 2.40. The molecule has 0 saturated heterocycles. The summed E-state index contributed by atoms with van der Waals surface area (Å²) in [6.45, 7) is 2.90. The van der Waals surface area contributed by atoms with Crippen LogP contribution in [0.2, 0.25) is 0 Å². The van der Waals surface area contributed by atoms with Gasteiger partial charge in [0.15, 0.2) is 0 Å². The number of carbonyl (C=O) groups excluding carboxylic acids is 2. The largest absolute Gasteiger partial charge is 0.348 e. The van der Waals surface area contributed by atoms with Gasteiger partial charge in [0.25, 0.3) is 11.8 Å². The second-order valence-electron chi connectivity index (χ2n) is 6.55. The fourth-order valence-electron chi connectivity index (χ4n) is 3.28. The minimum absolute atomic E-state index is 0.0472. The van der Waals surface area contributed by atoms with Gasteiger partial charge in [0.2, 0.25) is 0 Å². The molecule has 30 heavy (non-hydrogen) atoms. The molecule has 1 aliphatic rings. The lowest BCUT2D eigenvalue weighted by Crippen LogP contribution is -2.30. The molecule has 0 fully saturated rings. The number of nitrogens with zero attached hydrogens (tertiary/aromatic N) is 3. The average Bonchev–Trinajstić information content (AvgIpc) is 2.90. The summed E-state index contributed by atoms with van der Waals surface area (Å²) in [6, 6.07) is 13.0. The molecule has 1 aliphatic heterocycles. The number of hydrogen-bond acceptors (Lipinski definition) is 6. The van der Waals surface area contributed by atoms with E-state index < -0.39 is 0 Å². The van der Waals surface area contributed by atoms with Gasteiger partial charge in [-0.05, 0) is 55.1 Å². The minimum Gasteiger partial charge on any atom is -0.348 e. The molecular formula is C22H20N4O2S2. The van der Waals surface area contributed by atoms with E-state index >= 15 is 0 Å².